The second-order valence-electron chi connectivity index (χ2n) is 22.5. The van der Waals surface area contributed by atoms with E-state index >= 15 is 0 Å². The number of alkyl carbamates (subject to hydrolysis) is 2. The van der Waals surface area contributed by atoms with E-state index in [-0.39, 0.29) is 51.5 Å². The van der Waals surface area contributed by atoms with E-state index in [2.05, 4.69) is 22.8 Å². The van der Waals surface area contributed by atoms with E-state index in [1.54, 1.807) is 24.3 Å². The Labute approximate surface area is 426 Å². The summed E-state index contributed by atoms with van der Waals surface area (Å²) < 4.78 is 20.7. The molecule has 0 aromatic heterocycles. The Morgan fingerprint density at radius 3 is 1.23 bits per heavy atom. The maximum atomic E-state index is 13.7. The van der Waals surface area contributed by atoms with Crippen molar-refractivity contribution < 1.29 is 57.3 Å². The highest BCUT2D eigenvalue weighted by molar-refractivity contribution is 6.00. The van der Waals surface area contributed by atoms with E-state index in [1.165, 1.54) is 48.0 Å². The first-order chi connectivity index (χ1) is 34.9. The largest absolute Gasteiger partial charge is 0.456 e. The molecule has 3 saturated carbocycles. The number of amides is 4. The Bertz CT molecular complexity index is 2500. The molecule has 2 saturated heterocycles. The predicted octanol–water partition coefficient (Wildman–Crippen LogP) is 7.65. The lowest BCUT2D eigenvalue weighted by Crippen LogP contribution is -2.54. The number of nitrogens with one attached hydrogen (secondary N) is 2. The zero-order chi connectivity index (χ0) is 52.0. The molecule has 5 fully saturated rings. The van der Waals surface area contributed by atoms with Gasteiger partial charge in [0.25, 0.3) is 0 Å². The number of likely N-dealkylation sites (tertiary alicyclic amines) is 2. The van der Waals surface area contributed by atoms with Crippen LogP contribution in [0.25, 0.3) is 22.3 Å². The van der Waals surface area contributed by atoms with Crippen molar-refractivity contribution in [2.75, 3.05) is 40.5 Å². The molecule has 16 nitrogen and oxygen atoms in total. The van der Waals surface area contributed by atoms with Gasteiger partial charge in [0.2, 0.25) is 11.8 Å². The maximum absolute atomic E-state index is 13.7. The van der Waals surface area contributed by atoms with Gasteiger partial charge in [-0.05, 0) is 126 Å². The number of benzene rings is 3. The van der Waals surface area contributed by atoms with Crippen molar-refractivity contribution in [1.29, 1.82) is 0 Å². The summed E-state index contributed by atoms with van der Waals surface area (Å²) in [6, 6.07) is 15.5. The zero-order valence-electron chi connectivity index (χ0n) is 42.8. The van der Waals surface area contributed by atoms with Crippen LogP contribution >= 0.6 is 0 Å². The first-order valence-electron chi connectivity index (χ1n) is 25.9. The second kappa shape index (κ2) is 20.4. The van der Waals surface area contributed by atoms with E-state index in [0.29, 0.717) is 37.1 Å². The molecule has 3 aromatic carbocycles. The van der Waals surface area contributed by atoms with Gasteiger partial charge in [0.15, 0.2) is 24.8 Å². The van der Waals surface area contributed by atoms with Crippen molar-refractivity contribution in [3.63, 3.8) is 0 Å². The number of ether oxygens (including phenoxy) is 4. The van der Waals surface area contributed by atoms with Gasteiger partial charge in [-0.25, -0.2) is 19.2 Å². The summed E-state index contributed by atoms with van der Waals surface area (Å²) in [5.74, 6) is -3.26. The number of rotatable bonds is 16. The SMILES string of the molecule is COC(=O)N[C@H](C(=O)N1CC2(CC2)CC1C(=O)OCC(=O)c1ccc(-c2ccc(-c3ccc(C(=O)COC(=O)C4CC5(CC5)CN4C(=O)[C@@H](NC(=O)OC)C(C)C)cc3)c3c2CC2(CCCC2)C3)cc1)C(C)C. The Morgan fingerprint density at radius 2 is 0.904 bits per heavy atom. The van der Waals surface area contributed by atoms with Gasteiger partial charge in [0.1, 0.15) is 24.2 Å². The summed E-state index contributed by atoms with van der Waals surface area (Å²) in [6.45, 7) is 7.08. The van der Waals surface area contributed by atoms with Crippen LogP contribution in [0.3, 0.4) is 0 Å². The van der Waals surface area contributed by atoms with E-state index in [9.17, 15) is 38.4 Å². The summed E-state index contributed by atoms with van der Waals surface area (Å²) >= 11 is 0. The fourth-order valence-corrected chi connectivity index (χ4v) is 12.1. The van der Waals surface area contributed by atoms with Crippen LogP contribution in [0.15, 0.2) is 60.7 Å². The van der Waals surface area contributed by atoms with Gasteiger partial charge in [0.05, 0.1) is 14.2 Å². The number of ketones is 2. The molecule has 3 aromatic rings. The molecule has 0 bridgehead atoms. The van der Waals surface area contributed by atoms with Crippen LogP contribution in [0, 0.1) is 28.1 Å². The quantitative estimate of drug-likeness (QED) is 0.0807. The third kappa shape index (κ3) is 10.6. The molecule has 73 heavy (non-hydrogen) atoms. The van der Waals surface area contributed by atoms with E-state index in [4.69, 9.17) is 18.9 Å². The van der Waals surface area contributed by atoms with Crippen molar-refractivity contribution in [3.8, 4) is 22.3 Å². The number of carbonyl (C=O) groups excluding carboxylic acids is 8. The van der Waals surface area contributed by atoms with E-state index in [0.717, 1.165) is 73.6 Å². The molecule has 388 valence electrons. The van der Waals surface area contributed by atoms with Gasteiger partial charge in [-0.15, -0.1) is 0 Å². The highest BCUT2D eigenvalue weighted by atomic mass is 16.6. The number of esters is 2. The highest BCUT2D eigenvalue weighted by Gasteiger charge is 2.58. The second-order valence-corrected chi connectivity index (χ2v) is 22.5. The summed E-state index contributed by atoms with van der Waals surface area (Å²) in [7, 11) is 2.46. The zero-order valence-corrected chi connectivity index (χ0v) is 42.8. The number of carbonyl (C=O) groups is 8. The van der Waals surface area contributed by atoms with Crippen LogP contribution < -0.4 is 10.6 Å². The molecule has 6 aliphatic rings. The number of fused-ring (bicyclic) bond motifs is 1. The lowest BCUT2D eigenvalue weighted by molar-refractivity contribution is -0.153. The summed E-state index contributed by atoms with van der Waals surface area (Å²) in [4.78, 5) is 109. The van der Waals surface area contributed by atoms with Crippen LogP contribution in [0.5, 0.6) is 0 Å². The molecule has 4 atom stereocenters. The molecule has 2 N–H and O–H groups in total. The molecule has 9 rings (SSSR count). The number of Topliss-reactive ketones (excluding diaryl/α,β-unsaturated/α-hetero) is 2. The van der Waals surface area contributed by atoms with Gasteiger partial charge in [0, 0.05) is 24.2 Å². The Hall–Kier alpha value is -6.58. The van der Waals surface area contributed by atoms with Crippen LogP contribution in [-0.4, -0.2) is 122 Å². The molecule has 4 amide bonds. The molecule has 4 aliphatic carbocycles. The average Bonchev–Trinajstić information content (AvgIpc) is 4.05. The van der Waals surface area contributed by atoms with Crippen LogP contribution in [0.2, 0.25) is 0 Å². The molecule has 2 aliphatic heterocycles. The van der Waals surface area contributed by atoms with Crippen LogP contribution in [-0.2, 0) is 51.0 Å². The molecular formula is C57H68N4O12. The number of hydrogen-bond acceptors (Lipinski definition) is 12. The lowest BCUT2D eigenvalue weighted by atomic mass is 9.82. The predicted molar refractivity (Wildman–Crippen MR) is 268 cm³/mol. The van der Waals surface area contributed by atoms with E-state index < -0.39 is 61.5 Å². The van der Waals surface area contributed by atoms with Crippen molar-refractivity contribution in [1.82, 2.24) is 20.4 Å². The smallest absolute Gasteiger partial charge is 0.407 e. The third-order valence-corrected chi connectivity index (χ3v) is 16.7. The topological polar surface area (TPSA) is 204 Å². The number of methoxy groups -OCH3 is 2. The minimum atomic E-state index is -0.884. The van der Waals surface area contributed by atoms with Crippen molar-refractivity contribution >= 4 is 47.5 Å². The standard InChI is InChI=1S/C57H68N4O12/c1-33(2)47(58-53(68)70-5)49(64)60-31-56(21-22-56)27-43(60)51(66)72-29-45(62)37-13-9-35(10-14-37)39-17-18-40(42-26-55(25-41(39)42)19-7-8-20-55)36-11-15-38(16-12-36)46(63)30-73-52(67)44-28-57(23-24-57)32-61(44)50(65)48(34(3)4)59-54(69)71-6/h9-18,33-34,43-44,47-48H,7-8,19-32H2,1-6H3,(H,58,68)(H,59,69)/t43?,44?,47-,48-/m0/s1. The minimum absolute atomic E-state index is 0.149. The van der Waals surface area contributed by atoms with Crippen molar-refractivity contribution in [2.24, 2.45) is 28.1 Å². The van der Waals surface area contributed by atoms with Gasteiger partial charge in [-0.2, -0.15) is 0 Å². The van der Waals surface area contributed by atoms with Crippen molar-refractivity contribution in [2.45, 2.75) is 129 Å². The molecule has 3 spiro atoms. The third-order valence-electron chi connectivity index (χ3n) is 16.7. The summed E-state index contributed by atoms with van der Waals surface area (Å²) in [6.07, 6.45) is 9.53. The molecule has 0 radical (unpaired) electrons. The molecule has 2 unspecified atom stereocenters. The monoisotopic (exact) mass is 1000 g/mol. The minimum Gasteiger partial charge on any atom is -0.456 e. The van der Waals surface area contributed by atoms with Gasteiger partial charge in [-0.3, -0.25) is 19.2 Å². The lowest BCUT2D eigenvalue weighted by Gasteiger charge is -2.29. The maximum Gasteiger partial charge on any atom is 0.407 e. The first-order valence-corrected chi connectivity index (χ1v) is 25.9. The Kier molecular flexibility index (Phi) is 14.3. The fourth-order valence-electron chi connectivity index (χ4n) is 12.1. The molecule has 16 heteroatoms. The Morgan fingerprint density at radius 1 is 0.534 bits per heavy atom. The summed E-state index contributed by atoms with van der Waals surface area (Å²) in [5, 5.41) is 5.22. The Balaban J connectivity index is 0.849. The van der Waals surface area contributed by atoms with E-state index in [1.807, 2.05) is 52.0 Å². The van der Waals surface area contributed by atoms with Crippen LogP contribution in [0.4, 0.5) is 9.59 Å². The fraction of sp³-hybridized carbons (Fsp3) is 0.544. The number of nitrogens with zero attached hydrogens (tertiary/aromatic N) is 2. The van der Waals surface area contributed by atoms with Crippen LogP contribution in [0.1, 0.15) is 124 Å². The molecular weight excluding hydrogens is 933 g/mol. The van der Waals surface area contributed by atoms with Gasteiger partial charge in [-0.1, -0.05) is 101 Å². The van der Waals surface area contributed by atoms with Gasteiger partial charge < -0.3 is 39.4 Å². The summed E-state index contributed by atoms with van der Waals surface area (Å²) in [5.41, 5.74) is 7.34. The van der Waals surface area contributed by atoms with Gasteiger partial charge >= 0.3 is 24.1 Å². The van der Waals surface area contributed by atoms with Crippen molar-refractivity contribution in [3.05, 3.63) is 82.9 Å². The first kappa shape index (κ1) is 51.3. The number of hydrogen-bond donors (Lipinski definition) is 2. The normalized spacial score (nSPS) is 21.2. The molecule has 2 heterocycles. The average molecular weight is 1000 g/mol. The highest BCUT2D eigenvalue weighted by Crippen LogP contribution is 2.57.